The molecule has 2 saturated heterocycles. The van der Waals surface area contributed by atoms with Crippen molar-refractivity contribution in [2.75, 3.05) is 0 Å². The summed E-state index contributed by atoms with van der Waals surface area (Å²) in [6.07, 6.45) is -1.97. The molecule has 146 valence electrons. The van der Waals surface area contributed by atoms with Crippen LogP contribution < -0.4 is 0 Å². The first-order valence-electron chi connectivity index (χ1n) is 9.36. The minimum absolute atomic E-state index is 0.300. The number of hydrogen-bond donors (Lipinski definition) is 1. The maximum Gasteiger partial charge on any atom is 0.190 e. The number of fused-ring (bicyclic) bond motifs is 2. The molecule has 2 heterocycles. The molecule has 0 unspecified atom stereocenters. The fraction of sp³-hybridized carbons (Fsp3) is 0.524. The standard InChI is InChI=1S/C21H25ClO5/c1-4-16(23)17-18(19-20(25-17)27-21(2,3)26-19)24-11-14-13-8-6-5-7-12(13)9-10-15(14)22/h5-10,16-20,23H,4,11H2,1-3H3/t16-,17-,18+,19-,20-/m1/s1. The zero-order chi connectivity index (χ0) is 19.2. The summed E-state index contributed by atoms with van der Waals surface area (Å²) < 4.78 is 24.0. The Bertz CT molecular complexity index is 823. The summed E-state index contributed by atoms with van der Waals surface area (Å²) in [5.41, 5.74) is 0.918. The van der Waals surface area contributed by atoms with Gasteiger partial charge in [-0.15, -0.1) is 0 Å². The lowest BCUT2D eigenvalue weighted by Gasteiger charge is -2.28. The Morgan fingerprint density at radius 3 is 2.74 bits per heavy atom. The molecule has 1 N–H and O–H groups in total. The molecule has 2 aliphatic heterocycles. The molecule has 2 fully saturated rings. The van der Waals surface area contributed by atoms with E-state index in [2.05, 4.69) is 0 Å². The molecule has 5 atom stereocenters. The van der Waals surface area contributed by atoms with Crippen LogP contribution in [0.3, 0.4) is 0 Å². The lowest BCUT2D eigenvalue weighted by molar-refractivity contribution is -0.230. The van der Waals surface area contributed by atoms with Gasteiger partial charge in [0.2, 0.25) is 0 Å². The Hall–Kier alpha value is -1.21. The molecule has 27 heavy (non-hydrogen) atoms. The Labute approximate surface area is 164 Å². The van der Waals surface area contributed by atoms with E-state index in [4.69, 9.17) is 30.5 Å². The SMILES string of the molecule is CC[C@@H](O)[C@H]1O[C@@H]2OC(C)(C)O[C@@H]2[C@H]1OCc1c(Cl)ccc2ccccc12. The van der Waals surface area contributed by atoms with E-state index in [0.717, 1.165) is 16.3 Å². The summed E-state index contributed by atoms with van der Waals surface area (Å²) >= 11 is 6.45. The van der Waals surface area contributed by atoms with Crippen LogP contribution in [0.15, 0.2) is 36.4 Å². The number of ether oxygens (including phenoxy) is 4. The normalized spacial score (nSPS) is 30.6. The van der Waals surface area contributed by atoms with Crippen LogP contribution in [0.4, 0.5) is 0 Å². The van der Waals surface area contributed by atoms with Gasteiger partial charge in [-0.1, -0.05) is 48.9 Å². The van der Waals surface area contributed by atoms with Gasteiger partial charge in [0, 0.05) is 10.6 Å². The number of hydrogen-bond acceptors (Lipinski definition) is 5. The molecule has 0 aromatic heterocycles. The number of aliphatic hydroxyl groups excluding tert-OH is 1. The van der Waals surface area contributed by atoms with Crippen molar-refractivity contribution in [2.45, 2.75) is 70.3 Å². The molecule has 4 rings (SSSR count). The Kier molecular flexibility index (Phi) is 5.18. The molecular formula is C21H25ClO5. The second-order valence-electron chi connectivity index (χ2n) is 7.57. The Morgan fingerprint density at radius 1 is 1.19 bits per heavy atom. The minimum atomic E-state index is -0.740. The molecule has 0 radical (unpaired) electrons. The maximum atomic E-state index is 10.4. The third kappa shape index (κ3) is 3.60. The molecular weight excluding hydrogens is 368 g/mol. The van der Waals surface area contributed by atoms with Gasteiger partial charge in [-0.3, -0.25) is 0 Å². The van der Waals surface area contributed by atoms with E-state index in [-0.39, 0.29) is 6.10 Å². The number of halogens is 1. The van der Waals surface area contributed by atoms with Gasteiger partial charge >= 0.3 is 0 Å². The third-order valence-electron chi connectivity index (χ3n) is 5.23. The molecule has 2 aliphatic rings. The minimum Gasteiger partial charge on any atom is -0.390 e. The monoisotopic (exact) mass is 392 g/mol. The lowest BCUT2D eigenvalue weighted by Crippen LogP contribution is -2.42. The van der Waals surface area contributed by atoms with E-state index in [1.807, 2.05) is 57.2 Å². The summed E-state index contributed by atoms with van der Waals surface area (Å²) in [4.78, 5) is 0. The second kappa shape index (κ2) is 7.32. The van der Waals surface area contributed by atoms with Gasteiger partial charge in [-0.05, 0) is 37.1 Å². The van der Waals surface area contributed by atoms with Crippen LogP contribution in [-0.4, -0.2) is 41.6 Å². The summed E-state index contributed by atoms with van der Waals surface area (Å²) in [7, 11) is 0. The van der Waals surface area contributed by atoms with Gasteiger partial charge in [-0.2, -0.15) is 0 Å². The molecule has 2 aromatic carbocycles. The fourth-order valence-electron chi connectivity index (χ4n) is 3.87. The van der Waals surface area contributed by atoms with Crippen LogP contribution in [0, 0.1) is 0 Å². The molecule has 0 aliphatic carbocycles. The van der Waals surface area contributed by atoms with Crippen LogP contribution in [0.25, 0.3) is 10.8 Å². The topological polar surface area (TPSA) is 57.2 Å². The van der Waals surface area contributed by atoms with Crippen molar-refractivity contribution in [2.24, 2.45) is 0 Å². The first-order valence-corrected chi connectivity index (χ1v) is 9.74. The maximum absolute atomic E-state index is 10.4. The first kappa shape index (κ1) is 19.1. The number of benzene rings is 2. The fourth-order valence-corrected chi connectivity index (χ4v) is 4.09. The molecule has 2 aromatic rings. The van der Waals surface area contributed by atoms with Crippen molar-refractivity contribution in [3.8, 4) is 0 Å². The van der Waals surface area contributed by atoms with E-state index in [1.54, 1.807) is 0 Å². The second-order valence-corrected chi connectivity index (χ2v) is 7.97. The molecule has 0 bridgehead atoms. The Balaban J connectivity index is 1.59. The molecule has 0 saturated carbocycles. The van der Waals surface area contributed by atoms with E-state index in [0.29, 0.717) is 18.1 Å². The van der Waals surface area contributed by atoms with Gasteiger partial charge < -0.3 is 24.1 Å². The van der Waals surface area contributed by atoms with Gasteiger partial charge in [0.15, 0.2) is 12.1 Å². The summed E-state index contributed by atoms with van der Waals surface area (Å²) in [6, 6.07) is 11.9. The average Bonchev–Trinajstić information content (AvgIpc) is 3.12. The van der Waals surface area contributed by atoms with Crippen molar-refractivity contribution in [3.05, 3.63) is 47.0 Å². The number of aliphatic hydroxyl groups is 1. The largest absolute Gasteiger partial charge is 0.390 e. The van der Waals surface area contributed by atoms with Crippen LogP contribution in [-0.2, 0) is 25.6 Å². The smallest absolute Gasteiger partial charge is 0.190 e. The third-order valence-corrected chi connectivity index (χ3v) is 5.58. The van der Waals surface area contributed by atoms with Gasteiger partial charge in [-0.25, -0.2) is 0 Å². The predicted octanol–water partition coefficient (Wildman–Crippen LogP) is 4.03. The van der Waals surface area contributed by atoms with Gasteiger partial charge in [0.25, 0.3) is 0 Å². The van der Waals surface area contributed by atoms with Crippen molar-refractivity contribution < 1.29 is 24.1 Å². The van der Waals surface area contributed by atoms with Gasteiger partial charge in [0.05, 0.1) is 12.7 Å². The lowest BCUT2D eigenvalue weighted by atomic mass is 10.0. The summed E-state index contributed by atoms with van der Waals surface area (Å²) in [6.45, 7) is 5.90. The van der Waals surface area contributed by atoms with Crippen LogP contribution >= 0.6 is 11.6 Å². The molecule has 0 amide bonds. The average molecular weight is 393 g/mol. The van der Waals surface area contributed by atoms with Gasteiger partial charge in [0.1, 0.15) is 18.3 Å². The predicted molar refractivity (Wildman–Crippen MR) is 103 cm³/mol. The molecule has 0 spiro atoms. The summed E-state index contributed by atoms with van der Waals surface area (Å²) in [5, 5.41) is 13.2. The highest BCUT2D eigenvalue weighted by Gasteiger charge is 2.56. The van der Waals surface area contributed by atoms with Crippen molar-refractivity contribution in [3.63, 3.8) is 0 Å². The highest BCUT2D eigenvalue weighted by molar-refractivity contribution is 6.32. The zero-order valence-corrected chi connectivity index (χ0v) is 16.5. The first-order chi connectivity index (χ1) is 12.9. The van der Waals surface area contributed by atoms with Crippen LogP contribution in [0.1, 0.15) is 32.8 Å². The van der Waals surface area contributed by atoms with E-state index >= 15 is 0 Å². The molecule has 6 heteroatoms. The molecule has 5 nitrogen and oxygen atoms in total. The van der Waals surface area contributed by atoms with Crippen molar-refractivity contribution in [1.82, 2.24) is 0 Å². The van der Waals surface area contributed by atoms with E-state index < -0.39 is 30.4 Å². The van der Waals surface area contributed by atoms with Crippen molar-refractivity contribution in [1.29, 1.82) is 0 Å². The zero-order valence-electron chi connectivity index (χ0n) is 15.7. The van der Waals surface area contributed by atoms with E-state index in [9.17, 15) is 5.11 Å². The van der Waals surface area contributed by atoms with E-state index in [1.165, 1.54) is 0 Å². The van der Waals surface area contributed by atoms with Crippen LogP contribution in [0.2, 0.25) is 5.02 Å². The number of rotatable bonds is 5. The highest BCUT2D eigenvalue weighted by Crippen LogP contribution is 2.40. The highest BCUT2D eigenvalue weighted by atomic mass is 35.5. The summed E-state index contributed by atoms with van der Waals surface area (Å²) in [5.74, 6) is -0.740. The van der Waals surface area contributed by atoms with Crippen molar-refractivity contribution >= 4 is 22.4 Å². The Morgan fingerprint density at radius 2 is 1.96 bits per heavy atom. The van der Waals surface area contributed by atoms with Crippen LogP contribution in [0.5, 0.6) is 0 Å². The quantitative estimate of drug-likeness (QED) is 0.832.